The Morgan fingerprint density at radius 1 is 1.00 bits per heavy atom. The molecule has 7 heteroatoms. The Labute approximate surface area is 196 Å². The molecule has 0 radical (unpaired) electrons. The lowest BCUT2D eigenvalue weighted by Gasteiger charge is -2.20. The molecule has 0 saturated carbocycles. The highest BCUT2D eigenvalue weighted by Gasteiger charge is 2.15. The van der Waals surface area contributed by atoms with Crippen molar-refractivity contribution in [2.75, 3.05) is 17.2 Å². The van der Waals surface area contributed by atoms with Gasteiger partial charge in [-0.05, 0) is 60.6 Å². The second kappa shape index (κ2) is 10.6. The highest BCUT2D eigenvalue weighted by atomic mass is 35.5. The van der Waals surface area contributed by atoms with Crippen LogP contribution in [0, 0.1) is 0 Å². The van der Waals surface area contributed by atoms with Gasteiger partial charge < -0.3 is 14.4 Å². The van der Waals surface area contributed by atoms with Crippen LogP contribution in [-0.4, -0.2) is 28.4 Å². The number of aromatic carboxylic acids is 1. The number of para-hydroxylation sites is 2. The number of benzene rings is 3. The third-order valence-corrected chi connectivity index (χ3v) is 6.45. The van der Waals surface area contributed by atoms with Crippen LogP contribution in [-0.2, 0) is 6.54 Å². The number of carboxylic acid groups (broad SMARTS) is 1. The summed E-state index contributed by atoms with van der Waals surface area (Å²) in [5.74, 6) is -0.0506. The number of carboxylic acids is 1. The van der Waals surface area contributed by atoms with Crippen molar-refractivity contribution in [1.82, 2.24) is 4.98 Å². The molecule has 1 aromatic heterocycles. The molecule has 0 aliphatic carbocycles. The first kappa shape index (κ1) is 22.2. The number of oxazole rings is 1. The second-order valence-electron chi connectivity index (χ2n) is 7.37. The van der Waals surface area contributed by atoms with Gasteiger partial charge in [-0.1, -0.05) is 48.0 Å². The van der Waals surface area contributed by atoms with E-state index < -0.39 is 5.97 Å². The number of nitrogens with zero attached hydrogens (tertiary/aromatic N) is 2. The highest BCUT2D eigenvalue weighted by molar-refractivity contribution is 7.99. The maximum absolute atomic E-state index is 11.4. The van der Waals surface area contributed by atoms with Crippen LogP contribution in [0.3, 0.4) is 0 Å². The Morgan fingerprint density at radius 2 is 1.75 bits per heavy atom. The minimum atomic E-state index is -0.891. The van der Waals surface area contributed by atoms with E-state index in [-0.39, 0.29) is 0 Å². The fourth-order valence-corrected chi connectivity index (χ4v) is 4.58. The molecule has 0 aliphatic rings. The van der Waals surface area contributed by atoms with Gasteiger partial charge >= 0.3 is 5.97 Å². The van der Waals surface area contributed by atoms with Crippen LogP contribution in [0.2, 0.25) is 5.02 Å². The first-order chi connectivity index (χ1) is 15.6. The van der Waals surface area contributed by atoms with Crippen LogP contribution in [0.4, 0.5) is 6.01 Å². The summed E-state index contributed by atoms with van der Waals surface area (Å²) in [6.45, 7) is 1.44. The number of carbonyl (C=O) groups is 1. The first-order valence-corrected chi connectivity index (χ1v) is 11.8. The molecule has 0 atom stereocenters. The molecule has 0 bridgehead atoms. The van der Waals surface area contributed by atoms with Crippen molar-refractivity contribution in [2.24, 2.45) is 0 Å². The third kappa shape index (κ3) is 5.64. The lowest BCUT2D eigenvalue weighted by molar-refractivity contribution is 0.0693. The monoisotopic (exact) mass is 466 g/mol. The standard InChI is InChI=1S/C25H23ClN2O3S/c26-19-13-11-18(12-14-19)17-28(25-27-21-8-2-3-9-22(21)31-25)15-5-6-16-32-23-10-4-1-7-20(23)24(29)30/h1-4,7-14H,5-6,15-17H2,(H,29,30). The van der Waals surface area contributed by atoms with E-state index in [1.165, 1.54) is 0 Å². The second-order valence-corrected chi connectivity index (χ2v) is 8.94. The van der Waals surface area contributed by atoms with Gasteiger partial charge in [-0.25, -0.2) is 4.79 Å². The van der Waals surface area contributed by atoms with Gasteiger partial charge in [0, 0.05) is 23.0 Å². The van der Waals surface area contributed by atoms with Crippen LogP contribution < -0.4 is 4.90 Å². The molecule has 0 unspecified atom stereocenters. The van der Waals surface area contributed by atoms with E-state index >= 15 is 0 Å². The average molecular weight is 467 g/mol. The Hall–Kier alpha value is -2.96. The predicted molar refractivity (Wildman–Crippen MR) is 130 cm³/mol. The van der Waals surface area contributed by atoms with Gasteiger partial charge in [-0.3, -0.25) is 0 Å². The highest BCUT2D eigenvalue weighted by Crippen LogP contribution is 2.26. The predicted octanol–water partition coefficient (Wildman–Crippen LogP) is 6.76. The molecule has 3 aromatic carbocycles. The van der Waals surface area contributed by atoms with Crippen molar-refractivity contribution < 1.29 is 14.3 Å². The van der Waals surface area contributed by atoms with Gasteiger partial charge in [0.1, 0.15) is 5.52 Å². The number of unbranched alkanes of at least 4 members (excludes halogenated alkanes) is 1. The van der Waals surface area contributed by atoms with E-state index in [4.69, 9.17) is 16.0 Å². The maximum Gasteiger partial charge on any atom is 0.336 e. The number of thioether (sulfide) groups is 1. The van der Waals surface area contributed by atoms with E-state index in [1.54, 1.807) is 23.9 Å². The third-order valence-electron chi connectivity index (χ3n) is 5.04. The zero-order valence-corrected chi connectivity index (χ0v) is 19.0. The number of rotatable bonds is 10. The number of halogens is 1. The van der Waals surface area contributed by atoms with Crippen LogP contribution >= 0.6 is 23.4 Å². The summed E-state index contributed by atoms with van der Waals surface area (Å²) in [4.78, 5) is 19.0. The van der Waals surface area contributed by atoms with E-state index in [0.29, 0.717) is 23.1 Å². The lowest BCUT2D eigenvalue weighted by atomic mass is 10.2. The fraction of sp³-hybridized carbons (Fsp3) is 0.200. The van der Waals surface area contributed by atoms with Crippen molar-refractivity contribution in [3.63, 3.8) is 0 Å². The molecular weight excluding hydrogens is 444 g/mol. The quantitative estimate of drug-likeness (QED) is 0.206. The van der Waals surface area contributed by atoms with Gasteiger partial charge in [0.2, 0.25) is 0 Å². The normalized spacial score (nSPS) is 11.0. The van der Waals surface area contributed by atoms with Crippen LogP contribution in [0.25, 0.3) is 11.1 Å². The molecule has 0 amide bonds. The molecule has 32 heavy (non-hydrogen) atoms. The molecule has 164 valence electrons. The molecule has 0 saturated heterocycles. The molecule has 0 aliphatic heterocycles. The zero-order chi connectivity index (χ0) is 22.3. The molecule has 5 nitrogen and oxygen atoms in total. The SMILES string of the molecule is O=C(O)c1ccccc1SCCCCN(Cc1ccc(Cl)cc1)c1nc2ccccc2o1. The van der Waals surface area contributed by atoms with Crippen molar-refractivity contribution in [2.45, 2.75) is 24.3 Å². The van der Waals surface area contributed by atoms with E-state index in [2.05, 4.69) is 9.88 Å². The largest absolute Gasteiger partial charge is 0.478 e. The van der Waals surface area contributed by atoms with Crippen molar-refractivity contribution in [3.8, 4) is 0 Å². The van der Waals surface area contributed by atoms with Crippen LogP contribution in [0.5, 0.6) is 0 Å². The average Bonchev–Trinajstić information content (AvgIpc) is 3.24. The molecule has 1 heterocycles. The topological polar surface area (TPSA) is 66.6 Å². The summed E-state index contributed by atoms with van der Waals surface area (Å²) in [6.07, 6.45) is 1.87. The minimum Gasteiger partial charge on any atom is -0.478 e. The lowest BCUT2D eigenvalue weighted by Crippen LogP contribution is -2.24. The summed E-state index contributed by atoms with van der Waals surface area (Å²) in [7, 11) is 0. The smallest absolute Gasteiger partial charge is 0.336 e. The molecule has 0 fully saturated rings. The van der Waals surface area contributed by atoms with Crippen LogP contribution in [0.15, 0.2) is 82.1 Å². The number of hydrogen-bond acceptors (Lipinski definition) is 5. The Kier molecular flexibility index (Phi) is 7.35. The van der Waals surface area contributed by atoms with Gasteiger partial charge in [0.05, 0.1) is 5.56 Å². The van der Waals surface area contributed by atoms with Crippen molar-refractivity contribution >= 4 is 46.4 Å². The number of fused-ring (bicyclic) bond motifs is 1. The van der Waals surface area contributed by atoms with Crippen LogP contribution in [0.1, 0.15) is 28.8 Å². The summed E-state index contributed by atoms with van der Waals surface area (Å²) >= 11 is 7.61. The zero-order valence-electron chi connectivity index (χ0n) is 17.4. The van der Waals surface area contributed by atoms with Gasteiger partial charge in [-0.15, -0.1) is 11.8 Å². The summed E-state index contributed by atoms with van der Waals surface area (Å²) in [5, 5.41) is 10.0. The van der Waals surface area contributed by atoms with Crippen molar-refractivity contribution in [3.05, 3.63) is 88.9 Å². The summed E-state index contributed by atoms with van der Waals surface area (Å²) < 4.78 is 6.01. The Balaban J connectivity index is 1.40. The summed E-state index contributed by atoms with van der Waals surface area (Å²) in [6, 6.07) is 23.3. The van der Waals surface area contributed by atoms with Crippen molar-refractivity contribution in [1.29, 1.82) is 0 Å². The Bertz CT molecular complexity index is 1160. The minimum absolute atomic E-state index is 0.355. The van der Waals surface area contributed by atoms with Gasteiger partial charge in [0.25, 0.3) is 6.01 Å². The number of hydrogen-bond donors (Lipinski definition) is 1. The van der Waals surface area contributed by atoms with E-state index in [9.17, 15) is 9.90 Å². The van der Waals surface area contributed by atoms with Gasteiger partial charge in [0.15, 0.2) is 5.58 Å². The molecule has 1 N–H and O–H groups in total. The first-order valence-electron chi connectivity index (χ1n) is 10.4. The Morgan fingerprint density at radius 3 is 2.53 bits per heavy atom. The van der Waals surface area contributed by atoms with E-state index in [1.807, 2.05) is 60.7 Å². The molecule has 4 rings (SSSR count). The molecule has 0 spiro atoms. The van der Waals surface area contributed by atoms with Gasteiger partial charge in [-0.2, -0.15) is 4.98 Å². The molecule has 4 aromatic rings. The number of aromatic nitrogens is 1. The molecular formula is C25H23ClN2O3S. The number of anilines is 1. The van der Waals surface area contributed by atoms with E-state index in [0.717, 1.165) is 46.7 Å². The maximum atomic E-state index is 11.4. The fourth-order valence-electron chi connectivity index (χ4n) is 3.40. The summed E-state index contributed by atoms with van der Waals surface area (Å²) in [5.41, 5.74) is 3.09.